The molecule has 5 heteroatoms. The molecular formula is C11H20NNaO3. The number of hydrogen-bond acceptors (Lipinski definition) is 4. The Balaban J connectivity index is 0. The summed E-state index contributed by atoms with van der Waals surface area (Å²) in [5.41, 5.74) is -1.51. The molecule has 0 bridgehead atoms. The molecule has 0 heterocycles. The van der Waals surface area contributed by atoms with Gasteiger partial charge < -0.3 is 9.90 Å². The predicted octanol–water partition coefficient (Wildman–Crippen LogP) is -1.13. The van der Waals surface area contributed by atoms with Gasteiger partial charge in [0.2, 0.25) is 0 Å². The third-order valence-electron chi connectivity index (χ3n) is 2.49. The van der Waals surface area contributed by atoms with E-state index in [0.29, 0.717) is 12.8 Å². The predicted molar refractivity (Wildman–Crippen MR) is 57.1 cm³/mol. The van der Waals surface area contributed by atoms with Crippen molar-refractivity contribution in [1.29, 1.82) is 0 Å². The van der Waals surface area contributed by atoms with Crippen molar-refractivity contribution in [3.63, 3.8) is 0 Å². The summed E-state index contributed by atoms with van der Waals surface area (Å²) in [6.07, 6.45) is 3.18. The second kappa shape index (κ2) is 9.14. The molecule has 0 aromatic rings. The Labute approximate surface area is 119 Å². The zero-order valence-electron chi connectivity index (χ0n) is 10.8. The molecule has 0 fully saturated rings. The van der Waals surface area contributed by atoms with Gasteiger partial charge in [-0.05, 0) is 18.8 Å². The van der Waals surface area contributed by atoms with Crippen molar-refractivity contribution in [2.24, 2.45) is 11.1 Å². The fourth-order valence-electron chi connectivity index (χ4n) is 1.75. The molecule has 16 heavy (non-hydrogen) atoms. The molecule has 0 rings (SSSR count). The average molecular weight is 237 g/mol. The topological polar surface area (TPSA) is 69.6 Å². The van der Waals surface area contributed by atoms with Crippen LogP contribution in [0.2, 0.25) is 0 Å². The Morgan fingerprint density at radius 1 is 1.38 bits per heavy atom. The number of carboxylic acids is 1. The van der Waals surface area contributed by atoms with Crippen LogP contribution >= 0.6 is 0 Å². The van der Waals surface area contributed by atoms with Crippen LogP contribution in [0.15, 0.2) is 5.18 Å². The minimum Gasteiger partial charge on any atom is -0.547 e. The van der Waals surface area contributed by atoms with Crippen molar-refractivity contribution in [3.8, 4) is 0 Å². The smallest absolute Gasteiger partial charge is 0.547 e. The summed E-state index contributed by atoms with van der Waals surface area (Å²) < 4.78 is 0. The van der Waals surface area contributed by atoms with E-state index in [9.17, 15) is 14.8 Å². The number of nitroso groups, excluding NO2 is 1. The van der Waals surface area contributed by atoms with Crippen LogP contribution in [0, 0.1) is 10.8 Å². The van der Waals surface area contributed by atoms with Gasteiger partial charge in [0.05, 0.1) is 5.97 Å². The van der Waals surface area contributed by atoms with E-state index in [2.05, 4.69) is 5.18 Å². The number of carboxylic acid groups (broad SMARTS) is 1. The van der Waals surface area contributed by atoms with Gasteiger partial charge in [0.1, 0.15) is 5.54 Å². The maximum absolute atomic E-state index is 11.0. The number of carbonyl (C=O) groups excluding carboxylic acids is 1. The minimum atomic E-state index is -1.51. The molecule has 0 radical (unpaired) electrons. The van der Waals surface area contributed by atoms with Gasteiger partial charge in [-0.25, -0.2) is 0 Å². The van der Waals surface area contributed by atoms with Gasteiger partial charge in [0.15, 0.2) is 0 Å². The van der Waals surface area contributed by atoms with E-state index < -0.39 is 11.5 Å². The Bertz CT molecular complexity index is 221. The van der Waals surface area contributed by atoms with Crippen LogP contribution in [0.25, 0.3) is 0 Å². The van der Waals surface area contributed by atoms with Gasteiger partial charge in [-0.15, -0.1) is 4.91 Å². The molecule has 4 nitrogen and oxygen atoms in total. The van der Waals surface area contributed by atoms with Gasteiger partial charge in [-0.3, -0.25) is 0 Å². The first kappa shape index (κ1) is 18.4. The first-order valence-electron chi connectivity index (χ1n) is 5.54. The summed E-state index contributed by atoms with van der Waals surface area (Å²) in [5.74, 6) is -1.20. The monoisotopic (exact) mass is 237 g/mol. The van der Waals surface area contributed by atoms with Crippen LogP contribution in [0.3, 0.4) is 0 Å². The normalized spacial score (nSPS) is 14.0. The summed E-state index contributed by atoms with van der Waals surface area (Å²) in [5, 5.41) is 13.8. The van der Waals surface area contributed by atoms with Gasteiger partial charge in [-0.1, -0.05) is 45.2 Å². The fraction of sp³-hybridized carbons (Fsp3) is 0.909. The largest absolute Gasteiger partial charge is 1.00 e. The van der Waals surface area contributed by atoms with Crippen molar-refractivity contribution in [2.75, 3.05) is 0 Å². The van der Waals surface area contributed by atoms with E-state index >= 15 is 0 Å². The second-order valence-electron chi connectivity index (χ2n) is 4.47. The Kier molecular flexibility index (Phi) is 10.5. The van der Waals surface area contributed by atoms with E-state index in [1.54, 1.807) is 0 Å². The Morgan fingerprint density at radius 2 is 1.94 bits per heavy atom. The van der Waals surface area contributed by atoms with E-state index in [4.69, 9.17) is 0 Å². The zero-order valence-corrected chi connectivity index (χ0v) is 12.8. The van der Waals surface area contributed by atoms with Crippen LogP contribution in [-0.2, 0) is 4.79 Å². The second-order valence-corrected chi connectivity index (χ2v) is 4.47. The SMILES string of the molecule is CCCCC[C@@](CC(C)C)(N=O)C(=O)[O-].[Na+]. The molecule has 88 valence electrons. The van der Waals surface area contributed by atoms with E-state index in [-0.39, 0.29) is 41.9 Å². The number of unbranched alkanes of at least 4 members (excludes halogenated alkanes) is 2. The molecule has 0 spiro atoms. The van der Waals surface area contributed by atoms with E-state index in [1.165, 1.54) is 0 Å². The average Bonchev–Trinajstić information content (AvgIpc) is 2.15. The van der Waals surface area contributed by atoms with E-state index in [1.807, 2.05) is 20.8 Å². The molecule has 0 aliphatic rings. The fourth-order valence-corrected chi connectivity index (χ4v) is 1.75. The number of hydrogen-bond donors (Lipinski definition) is 0. The van der Waals surface area contributed by atoms with Crippen LogP contribution in [-0.4, -0.2) is 11.5 Å². The van der Waals surface area contributed by atoms with Crippen molar-refractivity contribution in [3.05, 3.63) is 4.91 Å². The van der Waals surface area contributed by atoms with Gasteiger partial charge >= 0.3 is 29.6 Å². The number of nitrogens with zero attached hydrogens (tertiary/aromatic N) is 1. The van der Waals surface area contributed by atoms with Crippen LogP contribution in [0.5, 0.6) is 0 Å². The third kappa shape index (κ3) is 5.97. The van der Waals surface area contributed by atoms with Crippen LogP contribution in [0.1, 0.15) is 52.9 Å². The first-order valence-corrected chi connectivity index (χ1v) is 5.54. The number of carbonyl (C=O) groups is 1. The summed E-state index contributed by atoms with van der Waals surface area (Å²) in [6.45, 7) is 5.78. The summed E-state index contributed by atoms with van der Waals surface area (Å²) in [7, 11) is 0. The molecule has 0 amide bonds. The Hall–Kier alpha value is 0.0700. The van der Waals surface area contributed by atoms with Gasteiger partial charge in [0.25, 0.3) is 0 Å². The summed E-state index contributed by atoms with van der Waals surface area (Å²) in [6, 6.07) is 0. The molecule has 0 unspecified atom stereocenters. The molecule has 0 aliphatic heterocycles. The molecule has 1 atom stereocenters. The maximum atomic E-state index is 11.0. The molecule has 0 aromatic carbocycles. The molecule has 0 aromatic heterocycles. The van der Waals surface area contributed by atoms with Gasteiger partial charge in [0, 0.05) is 0 Å². The number of rotatable bonds is 8. The standard InChI is InChI=1S/C11H21NO3.Na/c1-4-5-6-7-11(12-15,10(13)14)8-9(2)3;/h9H,4-8H2,1-3H3,(H,13,14);/q;+1/p-1/t11-;/m0./s1. The Morgan fingerprint density at radius 3 is 2.25 bits per heavy atom. The quantitative estimate of drug-likeness (QED) is 0.305. The molecule has 0 saturated carbocycles. The van der Waals surface area contributed by atoms with Crippen molar-refractivity contribution >= 4 is 5.97 Å². The van der Waals surface area contributed by atoms with Crippen molar-refractivity contribution in [2.45, 2.75) is 58.4 Å². The third-order valence-corrected chi connectivity index (χ3v) is 2.49. The maximum Gasteiger partial charge on any atom is 1.00 e. The molecule has 0 aliphatic carbocycles. The van der Waals surface area contributed by atoms with Gasteiger partial charge in [-0.2, -0.15) is 0 Å². The summed E-state index contributed by atoms with van der Waals surface area (Å²) in [4.78, 5) is 21.7. The summed E-state index contributed by atoms with van der Waals surface area (Å²) >= 11 is 0. The molecular weight excluding hydrogens is 217 g/mol. The molecule has 0 N–H and O–H groups in total. The van der Waals surface area contributed by atoms with Crippen molar-refractivity contribution < 1.29 is 39.5 Å². The minimum absolute atomic E-state index is 0. The van der Waals surface area contributed by atoms with Crippen LogP contribution < -0.4 is 34.7 Å². The van der Waals surface area contributed by atoms with Crippen molar-refractivity contribution in [1.82, 2.24) is 0 Å². The zero-order chi connectivity index (χ0) is 11.9. The molecule has 0 saturated heterocycles. The number of aliphatic carboxylic acids is 1. The first-order chi connectivity index (χ1) is 6.98. The van der Waals surface area contributed by atoms with E-state index in [0.717, 1.165) is 12.8 Å². The van der Waals surface area contributed by atoms with Crippen LogP contribution in [0.4, 0.5) is 0 Å².